The van der Waals surface area contributed by atoms with Gasteiger partial charge in [-0.3, -0.25) is 0 Å². The fraction of sp³-hybridized carbons (Fsp3) is 0. The van der Waals surface area contributed by atoms with Gasteiger partial charge in [-0.2, -0.15) is 0 Å². The summed E-state index contributed by atoms with van der Waals surface area (Å²) in [5.41, 5.74) is 9.95. The third-order valence-corrected chi connectivity index (χ3v) is 6.45. The molecule has 0 fully saturated rings. The van der Waals surface area contributed by atoms with E-state index in [1.807, 2.05) is 0 Å². The Hall–Kier alpha value is -4.42. The number of fused-ring (bicyclic) bond motifs is 1. The Labute approximate surface area is 200 Å². The summed E-state index contributed by atoms with van der Waals surface area (Å²) in [5, 5.41) is 2.49. The highest BCUT2D eigenvalue weighted by Gasteiger charge is 2.14. The van der Waals surface area contributed by atoms with Gasteiger partial charge in [0.25, 0.3) is 0 Å². The van der Waals surface area contributed by atoms with E-state index in [0.717, 1.165) is 0 Å². The molecule has 6 aromatic rings. The maximum absolute atomic E-state index is 2.36. The average Bonchev–Trinajstić information content (AvgIpc) is 2.93. The third-order valence-electron chi connectivity index (χ3n) is 6.45. The van der Waals surface area contributed by atoms with Crippen molar-refractivity contribution in [3.63, 3.8) is 0 Å². The standard InChI is InChI=1S/C34H24/c1-5-13-25(14-6-1)31-21-29-23-33(27-17-9-3-10-18-27)34(28-19-11-4-12-20-28)24-30(29)22-32(31)26-15-7-2-8-16-26/h1-24H. The van der Waals surface area contributed by atoms with Crippen molar-refractivity contribution in [1.29, 1.82) is 0 Å². The Kier molecular flexibility index (Phi) is 5.26. The summed E-state index contributed by atoms with van der Waals surface area (Å²) in [4.78, 5) is 0. The van der Waals surface area contributed by atoms with Crippen LogP contribution in [0.25, 0.3) is 55.3 Å². The highest BCUT2D eigenvalue weighted by Crippen LogP contribution is 2.40. The molecule has 0 nitrogen and oxygen atoms in total. The zero-order valence-electron chi connectivity index (χ0n) is 18.9. The largest absolute Gasteiger partial charge is 0.0622 e. The van der Waals surface area contributed by atoms with E-state index in [1.54, 1.807) is 0 Å². The van der Waals surface area contributed by atoms with Gasteiger partial charge >= 0.3 is 0 Å². The van der Waals surface area contributed by atoms with Gasteiger partial charge in [0.1, 0.15) is 0 Å². The first-order chi connectivity index (χ1) is 16.9. The van der Waals surface area contributed by atoms with E-state index in [-0.39, 0.29) is 0 Å². The molecule has 0 amide bonds. The van der Waals surface area contributed by atoms with Crippen LogP contribution in [-0.4, -0.2) is 0 Å². The quantitative estimate of drug-likeness (QED) is 0.260. The van der Waals surface area contributed by atoms with E-state index in [0.29, 0.717) is 0 Å². The lowest BCUT2D eigenvalue weighted by molar-refractivity contribution is 1.58. The molecule has 0 aliphatic rings. The van der Waals surface area contributed by atoms with Gasteiger partial charge in [-0.1, -0.05) is 121 Å². The fourth-order valence-corrected chi connectivity index (χ4v) is 4.78. The van der Waals surface area contributed by atoms with Crippen molar-refractivity contribution in [3.8, 4) is 44.5 Å². The average molecular weight is 433 g/mol. The lowest BCUT2D eigenvalue weighted by Gasteiger charge is -2.16. The molecule has 0 radical (unpaired) electrons. The summed E-state index contributed by atoms with van der Waals surface area (Å²) in [6, 6.07) is 52.2. The minimum atomic E-state index is 1.23. The Bertz CT molecular complexity index is 1310. The number of hydrogen-bond donors (Lipinski definition) is 0. The van der Waals surface area contributed by atoms with Crippen LogP contribution in [0.15, 0.2) is 146 Å². The normalized spacial score (nSPS) is 10.9. The highest BCUT2D eigenvalue weighted by molar-refractivity contribution is 6.02. The number of benzene rings is 6. The molecule has 0 heteroatoms. The SMILES string of the molecule is c1ccc(-c2cc3cc(-c4ccccc4)c(-c4ccccc4)cc3cc2-c2ccccc2)cc1. The lowest BCUT2D eigenvalue weighted by Crippen LogP contribution is -1.90. The van der Waals surface area contributed by atoms with Crippen LogP contribution in [0, 0.1) is 0 Å². The van der Waals surface area contributed by atoms with Gasteiger partial charge in [0.2, 0.25) is 0 Å². The van der Waals surface area contributed by atoms with Gasteiger partial charge in [-0.25, -0.2) is 0 Å². The predicted molar refractivity (Wildman–Crippen MR) is 146 cm³/mol. The van der Waals surface area contributed by atoms with Crippen molar-refractivity contribution in [2.24, 2.45) is 0 Å². The summed E-state index contributed by atoms with van der Waals surface area (Å²) in [5.74, 6) is 0. The summed E-state index contributed by atoms with van der Waals surface area (Å²) < 4.78 is 0. The molecule has 0 aromatic heterocycles. The molecule has 0 saturated carbocycles. The van der Waals surface area contributed by atoms with Crippen molar-refractivity contribution in [3.05, 3.63) is 146 Å². The van der Waals surface area contributed by atoms with E-state index in [2.05, 4.69) is 146 Å². The van der Waals surface area contributed by atoms with Crippen molar-refractivity contribution < 1.29 is 0 Å². The van der Waals surface area contributed by atoms with Gasteiger partial charge in [0.05, 0.1) is 0 Å². The second-order valence-corrected chi connectivity index (χ2v) is 8.61. The molecule has 0 spiro atoms. The highest BCUT2D eigenvalue weighted by atomic mass is 14.2. The van der Waals surface area contributed by atoms with Crippen molar-refractivity contribution in [2.75, 3.05) is 0 Å². The molecule has 6 aromatic carbocycles. The minimum Gasteiger partial charge on any atom is -0.0622 e. The second-order valence-electron chi connectivity index (χ2n) is 8.61. The van der Waals surface area contributed by atoms with Crippen LogP contribution in [0.3, 0.4) is 0 Å². The second kappa shape index (κ2) is 8.84. The summed E-state index contributed by atoms with van der Waals surface area (Å²) >= 11 is 0. The fourth-order valence-electron chi connectivity index (χ4n) is 4.78. The molecule has 0 aliphatic carbocycles. The molecule has 160 valence electrons. The molecule has 0 heterocycles. The van der Waals surface area contributed by atoms with Crippen LogP contribution in [0.2, 0.25) is 0 Å². The Balaban J connectivity index is 1.67. The first-order valence-corrected chi connectivity index (χ1v) is 11.7. The maximum Gasteiger partial charge on any atom is -0.00990 e. The van der Waals surface area contributed by atoms with Gasteiger partial charge in [-0.05, 0) is 79.5 Å². The molecule has 6 rings (SSSR count). The molecule has 0 unspecified atom stereocenters. The van der Waals surface area contributed by atoms with Crippen molar-refractivity contribution in [2.45, 2.75) is 0 Å². The number of rotatable bonds is 4. The Morgan fingerprint density at radius 2 is 0.441 bits per heavy atom. The molecule has 34 heavy (non-hydrogen) atoms. The summed E-state index contributed by atoms with van der Waals surface area (Å²) in [7, 11) is 0. The zero-order chi connectivity index (χ0) is 22.7. The molecule has 0 N–H and O–H groups in total. The van der Waals surface area contributed by atoms with Crippen LogP contribution in [0.1, 0.15) is 0 Å². The predicted octanol–water partition coefficient (Wildman–Crippen LogP) is 9.51. The van der Waals surface area contributed by atoms with Gasteiger partial charge in [0, 0.05) is 0 Å². The first-order valence-electron chi connectivity index (χ1n) is 11.7. The number of hydrogen-bond acceptors (Lipinski definition) is 0. The molecule has 0 atom stereocenters. The van der Waals surface area contributed by atoms with Gasteiger partial charge in [0.15, 0.2) is 0 Å². The summed E-state index contributed by atoms with van der Waals surface area (Å²) in [6.45, 7) is 0. The zero-order valence-corrected chi connectivity index (χ0v) is 18.9. The van der Waals surface area contributed by atoms with Crippen LogP contribution in [-0.2, 0) is 0 Å². The van der Waals surface area contributed by atoms with Crippen LogP contribution in [0.5, 0.6) is 0 Å². The van der Waals surface area contributed by atoms with Gasteiger partial charge < -0.3 is 0 Å². The van der Waals surface area contributed by atoms with Crippen LogP contribution >= 0.6 is 0 Å². The molecule has 0 saturated heterocycles. The summed E-state index contributed by atoms with van der Waals surface area (Å²) in [6.07, 6.45) is 0. The minimum absolute atomic E-state index is 1.23. The monoisotopic (exact) mass is 432 g/mol. The van der Waals surface area contributed by atoms with E-state index in [9.17, 15) is 0 Å². The smallest absolute Gasteiger partial charge is 0.00990 e. The first kappa shape index (κ1) is 20.2. The van der Waals surface area contributed by atoms with E-state index in [4.69, 9.17) is 0 Å². The Morgan fingerprint density at radius 1 is 0.235 bits per heavy atom. The molecule has 0 aliphatic heterocycles. The van der Waals surface area contributed by atoms with Crippen LogP contribution < -0.4 is 0 Å². The lowest BCUT2D eigenvalue weighted by atomic mass is 9.87. The Morgan fingerprint density at radius 3 is 0.647 bits per heavy atom. The van der Waals surface area contributed by atoms with Gasteiger partial charge in [-0.15, -0.1) is 0 Å². The van der Waals surface area contributed by atoms with Crippen molar-refractivity contribution >= 4 is 10.8 Å². The third kappa shape index (κ3) is 3.80. The molecular formula is C34H24. The molecular weight excluding hydrogens is 408 g/mol. The topological polar surface area (TPSA) is 0 Å². The van der Waals surface area contributed by atoms with Crippen LogP contribution in [0.4, 0.5) is 0 Å². The van der Waals surface area contributed by atoms with E-state index < -0.39 is 0 Å². The van der Waals surface area contributed by atoms with E-state index >= 15 is 0 Å². The van der Waals surface area contributed by atoms with E-state index in [1.165, 1.54) is 55.3 Å². The van der Waals surface area contributed by atoms with Crippen molar-refractivity contribution in [1.82, 2.24) is 0 Å². The maximum atomic E-state index is 2.36. The molecule has 0 bridgehead atoms.